The molecular weight excluding hydrogens is 308 g/mol. The standard InChI is InChI=1S/C18H16N2O2S/c1-19(2)15-7-3-13(4-8-15)17-11-12-18(23-17)14-5-9-16(10-6-14)20(21)22/h3-12H,1-2H3. The molecule has 0 fully saturated rings. The van der Waals surface area contributed by atoms with Crippen molar-refractivity contribution in [1.82, 2.24) is 0 Å². The highest BCUT2D eigenvalue weighted by atomic mass is 32.1. The van der Waals surface area contributed by atoms with Gasteiger partial charge >= 0.3 is 0 Å². The molecule has 23 heavy (non-hydrogen) atoms. The molecule has 1 aromatic heterocycles. The highest BCUT2D eigenvalue weighted by Gasteiger charge is 2.08. The van der Waals surface area contributed by atoms with Gasteiger partial charge in [0.2, 0.25) is 0 Å². The largest absolute Gasteiger partial charge is 0.378 e. The summed E-state index contributed by atoms with van der Waals surface area (Å²) in [6.07, 6.45) is 0. The minimum Gasteiger partial charge on any atom is -0.378 e. The van der Waals surface area contributed by atoms with Gasteiger partial charge in [0, 0.05) is 41.7 Å². The van der Waals surface area contributed by atoms with Crippen molar-refractivity contribution in [2.45, 2.75) is 0 Å². The van der Waals surface area contributed by atoms with Crippen molar-refractivity contribution in [3.8, 4) is 20.9 Å². The van der Waals surface area contributed by atoms with Crippen LogP contribution in [0.15, 0.2) is 60.7 Å². The molecule has 0 atom stereocenters. The van der Waals surface area contributed by atoms with Crippen LogP contribution in [0.5, 0.6) is 0 Å². The van der Waals surface area contributed by atoms with E-state index in [-0.39, 0.29) is 10.6 Å². The Hall–Kier alpha value is -2.66. The van der Waals surface area contributed by atoms with E-state index in [1.165, 1.54) is 16.1 Å². The molecule has 0 saturated heterocycles. The molecule has 0 aliphatic rings. The summed E-state index contributed by atoms with van der Waals surface area (Å²) in [5.74, 6) is 0. The molecule has 5 heteroatoms. The molecule has 0 aliphatic heterocycles. The first-order valence-electron chi connectivity index (χ1n) is 7.17. The lowest BCUT2D eigenvalue weighted by molar-refractivity contribution is -0.384. The maximum atomic E-state index is 10.7. The zero-order chi connectivity index (χ0) is 16.4. The van der Waals surface area contributed by atoms with E-state index in [1.54, 1.807) is 35.6 Å². The first-order valence-corrected chi connectivity index (χ1v) is 7.98. The second-order valence-corrected chi connectivity index (χ2v) is 6.49. The summed E-state index contributed by atoms with van der Waals surface area (Å²) < 4.78 is 0. The van der Waals surface area contributed by atoms with Crippen molar-refractivity contribution in [2.75, 3.05) is 19.0 Å². The summed E-state index contributed by atoms with van der Waals surface area (Å²) in [6, 6.07) is 19.2. The smallest absolute Gasteiger partial charge is 0.269 e. The van der Waals surface area contributed by atoms with Crippen LogP contribution < -0.4 is 4.90 Å². The Balaban J connectivity index is 1.86. The highest BCUT2D eigenvalue weighted by molar-refractivity contribution is 7.18. The molecule has 116 valence electrons. The predicted molar refractivity (Wildman–Crippen MR) is 96.2 cm³/mol. The lowest BCUT2D eigenvalue weighted by Crippen LogP contribution is -2.07. The number of thiophene rings is 1. The van der Waals surface area contributed by atoms with Crippen LogP contribution in [0.1, 0.15) is 0 Å². The Morgan fingerprint density at radius 1 is 0.826 bits per heavy atom. The number of nitro groups is 1. The summed E-state index contributed by atoms with van der Waals surface area (Å²) in [5.41, 5.74) is 3.45. The van der Waals surface area contributed by atoms with E-state index in [9.17, 15) is 10.1 Å². The van der Waals surface area contributed by atoms with Gasteiger partial charge in [0.05, 0.1) is 4.92 Å². The van der Waals surface area contributed by atoms with E-state index in [1.807, 2.05) is 14.1 Å². The van der Waals surface area contributed by atoms with Gasteiger partial charge in [0.1, 0.15) is 0 Å². The van der Waals surface area contributed by atoms with Gasteiger partial charge in [-0.15, -0.1) is 11.3 Å². The second-order valence-electron chi connectivity index (χ2n) is 5.41. The third-order valence-corrected chi connectivity index (χ3v) is 4.82. The monoisotopic (exact) mass is 324 g/mol. The summed E-state index contributed by atoms with van der Waals surface area (Å²) in [6.45, 7) is 0. The molecule has 0 spiro atoms. The van der Waals surface area contributed by atoms with Gasteiger partial charge < -0.3 is 4.90 Å². The van der Waals surface area contributed by atoms with E-state index in [0.29, 0.717) is 0 Å². The lowest BCUT2D eigenvalue weighted by atomic mass is 10.1. The number of hydrogen-bond donors (Lipinski definition) is 0. The number of hydrogen-bond acceptors (Lipinski definition) is 4. The van der Waals surface area contributed by atoms with E-state index in [0.717, 1.165) is 10.4 Å². The van der Waals surface area contributed by atoms with E-state index in [2.05, 4.69) is 41.3 Å². The topological polar surface area (TPSA) is 46.4 Å². The first-order chi connectivity index (χ1) is 11.0. The molecule has 0 saturated carbocycles. The van der Waals surface area contributed by atoms with Crippen LogP contribution in [0.2, 0.25) is 0 Å². The van der Waals surface area contributed by atoms with Crippen LogP contribution >= 0.6 is 11.3 Å². The van der Waals surface area contributed by atoms with E-state index >= 15 is 0 Å². The molecular formula is C18H16N2O2S. The van der Waals surface area contributed by atoms with Crippen LogP contribution in [-0.4, -0.2) is 19.0 Å². The number of benzene rings is 2. The number of nitro benzene ring substituents is 1. The summed E-state index contributed by atoms with van der Waals surface area (Å²) in [4.78, 5) is 14.7. The Morgan fingerprint density at radius 3 is 1.74 bits per heavy atom. The van der Waals surface area contributed by atoms with Crippen LogP contribution in [0.25, 0.3) is 20.9 Å². The van der Waals surface area contributed by atoms with Crippen LogP contribution in [0, 0.1) is 10.1 Å². The van der Waals surface area contributed by atoms with Crippen LogP contribution in [-0.2, 0) is 0 Å². The van der Waals surface area contributed by atoms with Gasteiger partial charge in [-0.05, 0) is 47.5 Å². The van der Waals surface area contributed by atoms with E-state index in [4.69, 9.17) is 0 Å². The summed E-state index contributed by atoms with van der Waals surface area (Å²) in [7, 11) is 4.04. The molecule has 3 rings (SSSR count). The molecule has 0 bridgehead atoms. The Bertz CT molecular complexity index is 821. The third kappa shape index (κ3) is 3.24. The van der Waals surface area contributed by atoms with Crippen molar-refractivity contribution in [2.24, 2.45) is 0 Å². The number of nitrogens with zero attached hydrogens (tertiary/aromatic N) is 2. The molecule has 4 nitrogen and oxygen atoms in total. The summed E-state index contributed by atoms with van der Waals surface area (Å²) in [5, 5.41) is 10.7. The molecule has 3 aromatic rings. The van der Waals surface area contributed by atoms with Gasteiger partial charge in [-0.3, -0.25) is 10.1 Å². The fourth-order valence-corrected chi connectivity index (χ4v) is 3.34. The predicted octanol–water partition coefficient (Wildman–Crippen LogP) is 5.06. The molecule has 0 radical (unpaired) electrons. The average molecular weight is 324 g/mol. The molecule has 2 aromatic carbocycles. The fourth-order valence-electron chi connectivity index (χ4n) is 2.32. The fraction of sp³-hybridized carbons (Fsp3) is 0.111. The number of anilines is 1. The second kappa shape index (κ2) is 6.22. The summed E-state index contributed by atoms with van der Waals surface area (Å²) >= 11 is 1.68. The van der Waals surface area contributed by atoms with E-state index < -0.39 is 0 Å². The minimum absolute atomic E-state index is 0.116. The molecule has 0 unspecified atom stereocenters. The van der Waals surface area contributed by atoms with Crippen molar-refractivity contribution >= 4 is 22.7 Å². The van der Waals surface area contributed by atoms with Crippen molar-refractivity contribution < 1.29 is 4.92 Å². The molecule has 0 N–H and O–H groups in total. The zero-order valence-electron chi connectivity index (χ0n) is 12.9. The normalized spacial score (nSPS) is 10.5. The quantitative estimate of drug-likeness (QED) is 0.498. The molecule has 0 aliphatic carbocycles. The molecule has 0 amide bonds. The van der Waals surface area contributed by atoms with Gasteiger partial charge in [-0.2, -0.15) is 0 Å². The number of rotatable bonds is 4. The van der Waals surface area contributed by atoms with Crippen molar-refractivity contribution in [1.29, 1.82) is 0 Å². The van der Waals surface area contributed by atoms with Gasteiger partial charge in [-0.25, -0.2) is 0 Å². The van der Waals surface area contributed by atoms with Crippen LogP contribution in [0.4, 0.5) is 11.4 Å². The van der Waals surface area contributed by atoms with Gasteiger partial charge in [0.25, 0.3) is 5.69 Å². The average Bonchev–Trinajstić information content (AvgIpc) is 3.05. The maximum Gasteiger partial charge on any atom is 0.269 e. The van der Waals surface area contributed by atoms with Crippen molar-refractivity contribution in [3.05, 3.63) is 70.8 Å². The van der Waals surface area contributed by atoms with Crippen LogP contribution in [0.3, 0.4) is 0 Å². The Labute approximate surface area is 138 Å². The SMILES string of the molecule is CN(C)c1ccc(-c2ccc(-c3ccc([N+](=O)[O-])cc3)s2)cc1. The highest BCUT2D eigenvalue weighted by Crippen LogP contribution is 2.35. The third-order valence-electron chi connectivity index (χ3n) is 3.64. The number of non-ortho nitro benzene ring substituents is 1. The lowest BCUT2D eigenvalue weighted by Gasteiger charge is -2.12. The molecule has 1 heterocycles. The zero-order valence-corrected chi connectivity index (χ0v) is 13.7. The maximum absolute atomic E-state index is 10.7. The Morgan fingerprint density at radius 2 is 1.30 bits per heavy atom. The first kappa shape index (κ1) is 15.2. The minimum atomic E-state index is -0.379. The van der Waals surface area contributed by atoms with Gasteiger partial charge in [0.15, 0.2) is 0 Å². The van der Waals surface area contributed by atoms with Crippen molar-refractivity contribution in [3.63, 3.8) is 0 Å². The van der Waals surface area contributed by atoms with Gasteiger partial charge in [-0.1, -0.05) is 12.1 Å². The Kier molecular flexibility index (Phi) is 4.12.